The Labute approximate surface area is 141 Å². The Morgan fingerprint density at radius 1 is 0.960 bits per heavy atom. The lowest BCUT2D eigenvalue weighted by molar-refractivity contribution is 0.0528. The first-order valence-electron chi connectivity index (χ1n) is 6.99. The second-order valence-electron chi connectivity index (χ2n) is 6.00. The molecule has 0 saturated carbocycles. The summed E-state index contributed by atoms with van der Waals surface area (Å²) in [5, 5.41) is 2.20. The van der Waals surface area contributed by atoms with Gasteiger partial charge in [-0.15, -0.1) is 0 Å². The maximum Gasteiger partial charge on any atom is 0.407 e. The normalized spacial score (nSPS) is 12.2. The SMILES string of the molecule is CC(C)(C)OC(=O)NCCCS(=O)(=O)c1c(F)c(F)c(F)c(F)c1F. The molecule has 0 spiro atoms. The predicted octanol–water partition coefficient (Wildman–Crippen LogP) is 3.07. The third-order valence-electron chi connectivity index (χ3n) is 2.74. The fraction of sp³-hybridized carbons (Fsp3) is 0.500. The van der Waals surface area contributed by atoms with Gasteiger partial charge < -0.3 is 10.1 Å². The van der Waals surface area contributed by atoms with Gasteiger partial charge in [0.1, 0.15) is 10.5 Å². The molecule has 1 N–H and O–H groups in total. The monoisotopic (exact) mass is 389 g/mol. The summed E-state index contributed by atoms with van der Waals surface area (Å²) in [4.78, 5) is 9.46. The minimum atomic E-state index is -4.81. The summed E-state index contributed by atoms with van der Waals surface area (Å²) in [5.74, 6) is -12.9. The van der Waals surface area contributed by atoms with Gasteiger partial charge in [0.15, 0.2) is 33.1 Å². The van der Waals surface area contributed by atoms with E-state index in [1.54, 1.807) is 20.8 Å². The van der Waals surface area contributed by atoms with Crippen molar-refractivity contribution in [1.82, 2.24) is 5.32 Å². The number of nitrogens with one attached hydrogen (secondary N) is 1. The van der Waals surface area contributed by atoms with Crippen LogP contribution in [0.15, 0.2) is 4.90 Å². The van der Waals surface area contributed by atoms with E-state index in [4.69, 9.17) is 4.74 Å². The second kappa shape index (κ2) is 7.54. The van der Waals surface area contributed by atoms with Crippen molar-refractivity contribution >= 4 is 15.9 Å². The molecule has 25 heavy (non-hydrogen) atoms. The second-order valence-corrected chi connectivity index (χ2v) is 8.05. The third kappa shape index (κ3) is 5.28. The summed E-state index contributed by atoms with van der Waals surface area (Å²) in [7, 11) is -4.81. The van der Waals surface area contributed by atoms with Crippen LogP contribution in [-0.4, -0.2) is 32.4 Å². The summed E-state index contributed by atoms with van der Waals surface area (Å²) in [6.45, 7) is 4.55. The highest BCUT2D eigenvalue weighted by Gasteiger charge is 2.33. The lowest BCUT2D eigenvalue weighted by Gasteiger charge is -2.19. The van der Waals surface area contributed by atoms with Crippen molar-refractivity contribution in [1.29, 1.82) is 0 Å². The number of halogens is 5. The first-order valence-corrected chi connectivity index (χ1v) is 8.64. The van der Waals surface area contributed by atoms with Crippen molar-refractivity contribution in [2.24, 2.45) is 0 Å². The average Bonchev–Trinajstić information content (AvgIpc) is 2.46. The van der Waals surface area contributed by atoms with Crippen LogP contribution in [0, 0.1) is 29.1 Å². The van der Waals surface area contributed by atoms with E-state index in [9.17, 15) is 35.2 Å². The van der Waals surface area contributed by atoms with Crippen molar-refractivity contribution < 1.29 is 39.9 Å². The fourth-order valence-corrected chi connectivity index (χ4v) is 3.18. The van der Waals surface area contributed by atoms with E-state index in [0.29, 0.717) is 0 Å². The van der Waals surface area contributed by atoms with Crippen LogP contribution < -0.4 is 5.32 Å². The lowest BCUT2D eigenvalue weighted by atomic mass is 10.2. The molecule has 0 atom stereocenters. The summed E-state index contributed by atoms with van der Waals surface area (Å²) >= 11 is 0. The van der Waals surface area contributed by atoms with E-state index >= 15 is 0 Å². The van der Waals surface area contributed by atoms with Crippen LogP contribution in [0.25, 0.3) is 0 Å². The Bertz CT molecular complexity index is 745. The number of hydrogen-bond donors (Lipinski definition) is 1. The zero-order valence-corrected chi connectivity index (χ0v) is 14.4. The number of amides is 1. The van der Waals surface area contributed by atoms with Gasteiger partial charge in [-0.2, -0.15) is 0 Å². The lowest BCUT2D eigenvalue weighted by Crippen LogP contribution is -2.33. The summed E-state index contributed by atoms with van der Waals surface area (Å²) in [6.07, 6.45) is -1.18. The molecule has 0 aromatic heterocycles. The van der Waals surface area contributed by atoms with Gasteiger partial charge in [-0.05, 0) is 27.2 Å². The van der Waals surface area contributed by atoms with Crippen molar-refractivity contribution in [2.75, 3.05) is 12.3 Å². The number of sulfone groups is 1. The van der Waals surface area contributed by atoms with Crippen molar-refractivity contribution in [3.63, 3.8) is 0 Å². The molecule has 0 heterocycles. The van der Waals surface area contributed by atoms with Crippen molar-refractivity contribution in [2.45, 2.75) is 37.7 Å². The van der Waals surface area contributed by atoms with Gasteiger partial charge in [-0.1, -0.05) is 0 Å². The average molecular weight is 389 g/mol. The van der Waals surface area contributed by atoms with Crippen LogP contribution >= 0.6 is 0 Å². The summed E-state index contributed by atoms with van der Waals surface area (Å²) in [6, 6.07) is 0. The molecule has 0 unspecified atom stereocenters. The predicted molar refractivity (Wildman–Crippen MR) is 77.1 cm³/mol. The molecule has 0 aliphatic carbocycles. The summed E-state index contributed by atoms with van der Waals surface area (Å²) in [5.41, 5.74) is -0.786. The van der Waals surface area contributed by atoms with E-state index in [1.165, 1.54) is 0 Å². The molecule has 5 nitrogen and oxygen atoms in total. The molecule has 0 saturated heterocycles. The highest BCUT2D eigenvalue weighted by molar-refractivity contribution is 7.91. The Kier molecular flexibility index (Phi) is 6.38. The van der Waals surface area contributed by atoms with Gasteiger partial charge in [0.2, 0.25) is 5.82 Å². The minimum Gasteiger partial charge on any atom is -0.444 e. The van der Waals surface area contributed by atoms with Crippen molar-refractivity contribution in [3.05, 3.63) is 29.1 Å². The number of alkyl carbamates (subject to hydrolysis) is 1. The van der Waals surface area contributed by atoms with E-state index in [1.807, 2.05) is 0 Å². The van der Waals surface area contributed by atoms with Gasteiger partial charge in [0.05, 0.1) is 5.75 Å². The standard InChI is InChI=1S/C14H16F5NO4S/c1-14(2,3)24-13(21)20-5-4-6-25(22,23)12-10(18)8(16)7(15)9(17)11(12)19/h4-6H2,1-3H3,(H,20,21). The maximum atomic E-state index is 13.5. The number of carbonyl (C=O) groups is 1. The first kappa shape index (κ1) is 21.1. The minimum absolute atomic E-state index is 0.246. The Balaban J connectivity index is 2.83. The highest BCUT2D eigenvalue weighted by atomic mass is 32.2. The zero-order valence-electron chi connectivity index (χ0n) is 13.6. The van der Waals surface area contributed by atoms with Crippen LogP contribution in [-0.2, 0) is 14.6 Å². The van der Waals surface area contributed by atoms with Gasteiger partial charge in [-0.25, -0.2) is 35.2 Å². The molecule has 1 aromatic carbocycles. The first-order chi connectivity index (χ1) is 11.3. The highest BCUT2D eigenvalue weighted by Crippen LogP contribution is 2.27. The molecule has 0 aliphatic heterocycles. The molecule has 0 radical (unpaired) electrons. The molecule has 1 aromatic rings. The molecule has 142 valence electrons. The number of hydrogen-bond acceptors (Lipinski definition) is 4. The van der Waals surface area contributed by atoms with Gasteiger partial charge in [0, 0.05) is 6.54 Å². The Hall–Kier alpha value is -1.91. The van der Waals surface area contributed by atoms with Crippen LogP contribution in [0.1, 0.15) is 27.2 Å². The van der Waals surface area contributed by atoms with Gasteiger partial charge >= 0.3 is 6.09 Å². The van der Waals surface area contributed by atoms with E-state index in [2.05, 4.69) is 5.32 Å². The molecule has 0 aliphatic rings. The van der Waals surface area contributed by atoms with Crippen LogP contribution in [0.5, 0.6) is 0 Å². The molecular formula is C14H16F5NO4S. The number of ether oxygens (including phenoxy) is 1. The third-order valence-corrected chi connectivity index (χ3v) is 4.55. The molecule has 1 amide bonds. The molecule has 11 heteroatoms. The quantitative estimate of drug-likeness (QED) is 0.276. The molecular weight excluding hydrogens is 373 g/mol. The van der Waals surface area contributed by atoms with E-state index in [-0.39, 0.29) is 13.0 Å². The Morgan fingerprint density at radius 3 is 1.84 bits per heavy atom. The molecule has 1 rings (SSSR count). The van der Waals surface area contributed by atoms with Crippen LogP contribution in [0.2, 0.25) is 0 Å². The molecule has 0 fully saturated rings. The number of carbonyl (C=O) groups excluding carboxylic acids is 1. The van der Waals surface area contributed by atoms with Crippen LogP contribution in [0.4, 0.5) is 26.7 Å². The van der Waals surface area contributed by atoms with Crippen molar-refractivity contribution in [3.8, 4) is 0 Å². The Morgan fingerprint density at radius 2 is 1.40 bits per heavy atom. The van der Waals surface area contributed by atoms with Gasteiger partial charge in [-0.3, -0.25) is 0 Å². The zero-order chi connectivity index (χ0) is 19.6. The largest absolute Gasteiger partial charge is 0.444 e. The van der Waals surface area contributed by atoms with Gasteiger partial charge in [0.25, 0.3) is 0 Å². The fourth-order valence-electron chi connectivity index (χ4n) is 1.73. The van der Waals surface area contributed by atoms with E-state index in [0.717, 1.165) is 0 Å². The van der Waals surface area contributed by atoms with E-state index < -0.39 is 61.3 Å². The molecule has 0 bridgehead atoms. The maximum absolute atomic E-state index is 13.5. The number of rotatable bonds is 5. The number of benzene rings is 1. The summed E-state index contributed by atoms with van der Waals surface area (Å²) < 4.78 is 94.8. The smallest absolute Gasteiger partial charge is 0.407 e. The topological polar surface area (TPSA) is 72.5 Å². The van der Waals surface area contributed by atoms with Crippen LogP contribution in [0.3, 0.4) is 0 Å².